The van der Waals surface area contributed by atoms with Gasteiger partial charge in [0.15, 0.2) is 6.10 Å². The second-order valence-electron chi connectivity index (χ2n) is 15.7. The molecule has 3 unspecified atom stereocenters. The van der Waals surface area contributed by atoms with E-state index >= 15 is 0 Å². The first-order valence-corrected chi connectivity index (χ1v) is 23.2. The Morgan fingerprint density at radius 2 is 1.11 bits per heavy atom. The summed E-state index contributed by atoms with van der Waals surface area (Å²) in [6.07, 6.45) is 43.9. The number of epoxide rings is 1. The minimum absolute atomic E-state index is 0.0539. The van der Waals surface area contributed by atoms with Crippen LogP contribution in [0.25, 0.3) is 0 Å². The Balaban J connectivity index is 2.38. The average molecular weight is 820 g/mol. The number of phosphoric acid groups is 1. The fraction of sp³-hybridized carbons (Fsp3) is 0.696. The highest BCUT2D eigenvalue weighted by molar-refractivity contribution is 7.45. The number of allylic oxidation sites excluding steroid dienone is 10. The molecule has 0 spiro atoms. The molecule has 0 aliphatic carbocycles. The summed E-state index contributed by atoms with van der Waals surface area (Å²) < 4.78 is 39.6. The van der Waals surface area contributed by atoms with Gasteiger partial charge in [0, 0.05) is 12.8 Å². The monoisotopic (exact) mass is 820 g/mol. The number of nitrogens with zero attached hydrogens (tertiary/aromatic N) is 1. The third-order valence-corrected chi connectivity index (χ3v) is 10.1. The third-order valence-electron chi connectivity index (χ3n) is 9.10. The number of carbonyl (C=O) groups is 2. The highest BCUT2D eigenvalue weighted by Crippen LogP contribution is 2.38. The van der Waals surface area contributed by atoms with Gasteiger partial charge in [0.2, 0.25) is 0 Å². The van der Waals surface area contributed by atoms with E-state index in [2.05, 4.69) is 80.7 Å². The summed E-state index contributed by atoms with van der Waals surface area (Å²) in [6, 6.07) is 0. The summed E-state index contributed by atoms with van der Waals surface area (Å²) in [5, 5.41) is 0. The lowest BCUT2D eigenvalue weighted by Gasteiger charge is -2.28. The number of hydrogen-bond donors (Lipinski definition) is 0. The molecule has 0 bridgehead atoms. The van der Waals surface area contributed by atoms with Gasteiger partial charge in [-0.05, 0) is 89.9 Å². The van der Waals surface area contributed by atoms with E-state index in [0.717, 1.165) is 57.8 Å². The van der Waals surface area contributed by atoms with Crippen LogP contribution >= 0.6 is 7.82 Å². The molecule has 1 rings (SSSR count). The molecule has 1 aliphatic heterocycles. The van der Waals surface area contributed by atoms with Crippen LogP contribution in [0.5, 0.6) is 0 Å². The number of hydrogen-bond acceptors (Lipinski definition) is 9. The summed E-state index contributed by atoms with van der Waals surface area (Å²) in [7, 11) is 1.09. The minimum atomic E-state index is -4.66. The maximum atomic E-state index is 12.7. The van der Waals surface area contributed by atoms with E-state index in [1.165, 1.54) is 38.5 Å². The number of quaternary nitrogens is 1. The lowest BCUT2D eigenvalue weighted by Crippen LogP contribution is -2.37. The van der Waals surface area contributed by atoms with Gasteiger partial charge in [-0.1, -0.05) is 112 Å². The van der Waals surface area contributed by atoms with Gasteiger partial charge in [-0.25, -0.2) is 0 Å². The van der Waals surface area contributed by atoms with Gasteiger partial charge in [-0.15, -0.1) is 0 Å². The zero-order chi connectivity index (χ0) is 41.9. The smallest absolute Gasteiger partial charge is 0.306 e. The van der Waals surface area contributed by atoms with Crippen LogP contribution in [0.3, 0.4) is 0 Å². The predicted octanol–water partition coefficient (Wildman–Crippen LogP) is 10.6. The molecule has 0 aromatic rings. The highest BCUT2D eigenvalue weighted by Gasteiger charge is 2.36. The van der Waals surface area contributed by atoms with Crippen molar-refractivity contribution in [3.05, 3.63) is 72.9 Å². The molecular weight excluding hydrogens is 741 g/mol. The van der Waals surface area contributed by atoms with Crippen molar-refractivity contribution >= 4 is 19.8 Å². The van der Waals surface area contributed by atoms with Crippen molar-refractivity contribution in [2.24, 2.45) is 0 Å². The van der Waals surface area contributed by atoms with Gasteiger partial charge < -0.3 is 32.6 Å². The third kappa shape index (κ3) is 35.1. The molecular formula is C46H78NO9P. The molecule has 0 saturated carbocycles. The fourth-order valence-electron chi connectivity index (χ4n) is 5.52. The molecule has 57 heavy (non-hydrogen) atoms. The predicted molar refractivity (Wildman–Crippen MR) is 230 cm³/mol. The van der Waals surface area contributed by atoms with Crippen molar-refractivity contribution in [2.45, 2.75) is 161 Å². The van der Waals surface area contributed by atoms with Crippen LogP contribution in [0.1, 0.15) is 142 Å². The van der Waals surface area contributed by atoms with E-state index in [-0.39, 0.29) is 38.3 Å². The molecule has 0 N–H and O–H groups in total. The number of likely N-dealkylation sites (N-methyl/N-ethyl adjacent to an activating group) is 1. The summed E-state index contributed by atoms with van der Waals surface area (Å²) in [5.74, 6) is -0.961. The van der Waals surface area contributed by atoms with Crippen LogP contribution in [0.4, 0.5) is 0 Å². The molecule has 0 aromatic heterocycles. The summed E-state index contributed by atoms with van der Waals surface area (Å²) >= 11 is 0. The van der Waals surface area contributed by atoms with E-state index in [1.807, 2.05) is 27.2 Å². The van der Waals surface area contributed by atoms with Crippen molar-refractivity contribution in [3.8, 4) is 0 Å². The molecule has 326 valence electrons. The van der Waals surface area contributed by atoms with Crippen molar-refractivity contribution in [1.29, 1.82) is 0 Å². The van der Waals surface area contributed by atoms with Crippen molar-refractivity contribution < 1.29 is 46.8 Å². The van der Waals surface area contributed by atoms with E-state index in [0.29, 0.717) is 30.3 Å². The average Bonchev–Trinajstić information content (AvgIpc) is 3.92. The van der Waals surface area contributed by atoms with Crippen molar-refractivity contribution in [3.63, 3.8) is 0 Å². The maximum absolute atomic E-state index is 12.7. The molecule has 10 nitrogen and oxygen atoms in total. The first-order valence-electron chi connectivity index (χ1n) is 21.8. The zero-order valence-electron chi connectivity index (χ0n) is 36.2. The van der Waals surface area contributed by atoms with Crippen LogP contribution in [0, 0.1) is 0 Å². The van der Waals surface area contributed by atoms with Crippen molar-refractivity contribution in [2.75, 3.05) is 47.5 Å². The Morgan fingerprint density at radius 1 is 0.632 bits per heavy atom. The molecule has 0 amide bonds. The summed E-state index contributed by atoms with van der Waals surface area (Å²) in [6.45, 7) is 4.02. The first kappa shape index (κ1) is 52.4. The molecule has 4 atom stereocenters. The van der Waals surface area contributed by atoms with Gasteiger partial charge in [0.25, 0.3) is 7.82 Å². The molecule has 1 saturated heterocycles. The quantitative estimate of drug-likeness (QED) is 0.0150. The molecule has 0 radical (unpaired) electrons. The standard InChI is InChI=1S/C46H78NO9P/c1-6-8-10-12-14-16-17-18-19-20-21-23-25-27-32-36-45(48)52-40-42(41-54-57(50,51)53-39-38-47(3,4)5)55-46(49)37-33-29-28-31-35-44-43(56-44)34-30-26-24-22-15-13-11-9-7-2/h14-16,18-19,21-23,26,28,30-31,42-44H,6-13,17,20,24-25,27,29,32-41H2,1-5H3/b16-14-,19-18-,22-15-,23-21-,30-26-,31-28-/t42-,43?,44?/m1/s1. The van der Waals surface area contributed by atoms with Crippen LogP contribution < -0.4 is 4.89 Å². The molecule has 1 heterocycles. The largest absolute Gasteiger partial charge is 0.756 e. The van der Waals surface area contributed by atoms with E-state index in [9.17, 15) is 19.0 Å². The number of esters is 2. The Bertz CT molecular complexity index is 1270. The lowest BCUT2D eigenvalue weighted by atomic mass is 10.1. The molecule has 0 aromatic carbocycles. The Hall–Kier alpha value is -2.59. The van der Waals surface area contributed by atoms with Crippen LogP contribution in [-0.2, 0) is 37.4 Å². The number of carbonyl (C=O) groups excluding carboxylic acids is 2. The molecule has 11 heteroatoms. The van der Waals surface area contributed by atoms with E-state index in [4.69, 9.17) is 23.3 Å². The SMILES string of the molecule is CCCCC/C=C\C/C=C\C/C=C\CCCCC(=O)OC[C@H](COP(=O)([O-])OCC[N+](C)(C)C)OC(=O)CCC/C=C\CC1OC1C/C=C\C/C=C\CCCCC. The maximum Gasteiger partial charge on any atom is 0.306 e. The first-order chi connectivity index (χ1) is 27.5. The van der Waals surface area contributed by atoms with Crippen LogP contribution in [-0.4, -0.2) is 82.2 Å². The van der Waals surface area contributed by atoms with Crippen molar-refractivity contribution in [1.82, 2.24) is 0 Å². The van der Waals surface area contributed by atoms with Gasteiger partial charge >= 0.3 is 11.9 Å². The van der Waals surface area contributed by atoms with E-state index < -0.39 is 32.5 Å². The minimum Gasteiger partial charge on any atom is -0.756 e. The highest BCUT2D eigenvalue weighted by atomic mass is 31.2. The molecule has 1 fully saturated rings. The second-order valence-corrected chi connectivity index (χ2v) is 17.1. The Morgan fingerprint density at radius 3 is 1.67 bits per heavy atom. The van der Waals surface area contributed by atoms with E-state index in [1.54, 1.807) is 0 Å². The zero-order valence-corrected chi connectivity index (χ0v) is 37.1. The molecule has 1 aliphatic rings. The Labute approximate surface area is 346 Å². The number of rotatable bonds is 37. The van der Waals surface area contributed by atoms with Crippen LogP contribution in [0.2, 0.25) is 0 Å². The lowest BCUT2D eigenvalue weighted by molar-refractivity contribution is -0.870. The fourth-order valence-corrected chi connectivity index (χ4v) is 6.24. The van der Waals surface area contributed by atoms with Gasteiger partial charge in [0.05, 0.1) is 40.0 Å². The number of unbranched alkanes of at least 4 members (excludes halogenated alkanes) is 9. The van der Waals surface area contributed by atoms with Gasteiger partial charge in [0.1, 0.15) is 19.8 Å². The number of phosphoric ester groups is 1. The van der Waals surface area contributed by atoms with Gasteiger partial charge in [-0.2, -0.15) is 0 Å². The summed E-state index contributed by atoms with van der Waals surface area (Å²) in [4.78, 5) is 37.5. The normalized spacial score (nSPS) is 17.9. The van der Waals surface area contributed by atoms with Crippen LogP contribution in [0.15, 0.2) is 72.9 Å². The topological polar surface area (TPSA) is 124 Å². The Kier molecular flexibility index (Phi) is 31.5. The summed E-state index contributed by atoms with van der Waals surface area (Å²) in [5.41, 5.74) is 0. The second kappa shape index (κ2) is 34.3. The van der Waals surface area contributed by atoms with Gasteiger partial charge in [-0.3, -0.25) is 14.2 Å². The number of ether oxygens (including phenoxy) is 3.